The van der Waals surface area contributed by atoms with E-state index in [2.05, 4.69) is 21.9 Å². The molecule has 2 saturated carbocycles. The van der Waals surface area contributed by atoms with Crippen LogP contribution >= 0.6 is 0 Å². The van der Waals surface area contributed by atoms with Crippen LogP contribution in [0.5, 0.6) is 11.5 Å². The highest BCUT2D eigenvalue weighted by Crippen LogP contribution is 2.63. The average Bonchev–Trinajstić information content (AvgIpc) is 3.35. The first kappa shape index (κ1) is 18.9. The number of imidazole rings is 1. The molecule has 2 heterocycles. The third-order valence-corrected chi connectivity index (χ3v) is 8.57. The van der Waals surface area contributed by atoms with Gasteiger partial charge in [-0.15, -0.1) is 0 Å². The van der Waals surface area contributed by atoms with E-state index in [4.69, 9.17) is 5.41 Å². The summed E-state index contributed by atoms with van der Waals surface area (Å²) in [5.74, 6) is 0.844. The summed E-state index contributed by atoms with van der Waals surface area (Å²) in [6, 6.07) is 3.29. The zero-order valence-electron chi connectivity index (χ0n) is 17.4. The van der Waals surface area contributed by atoms with Crippen LogP contribution in [0.25, 0.3) is 11.2 Å². The highest BCUT2D eigenvalue weighted by Gasteiger charge is 2.55. The van der Waals surface area contributed by atoms with Crippen molar-refractivity contribution in [1.29, 1.82) is 5.41 Å². The maximum absolute atomic E-state index is 10.8. The molecule has 1 aromatic carbocycles. The summed E-state index contributed by atoms with van der Waals surface area (Å²) < 4.78 is 1.99. The van der Waals surface area contributed by atoms with Gasteiger partial charge in [-0.25, -0.2) is 9.97 Å². The molecular formula is C23H27N5O3. The van der Waals surface area contributed by atoms with Crippen molar-refractivity contribution in [3.8, 4) is 11.5 Å². The Labute approximate surface area is 179 Å². The maximum Gasteiger partial charge on any atom is 0.173 e. The Kier molecular flexibility index (Phi) is 3.85. The molecule has 8 nitrogen and oxygen atoms in total. The molecule has 0 spiro atoms. The Hall–Kier alpha value is -2.87. The van der Waals surface area contributed by atoms with E-state index in [1.165, 1.54) is 0 Å². The van der Waals surface area contributed by atoms with Crippen molar-refractivity contribution >= 4 is 11.2 Å². The lowest BCUT2D eigenvalue weighted by Crippen LogP contribution is -2.45. The molecule has 31 heavy (non-hydrogen) atoms. The molecule has 5 N–H and O–H groups in total. The van der Waals surface area contributed by atoms with Crippen molar-refractivity contribution < 1.29 is 15.3 Å². The van der Waals surface area contributed by atoms with E-state index in [-0.39, 0.29) is 34.5 Å². The second-order valence-corrected chi connectivity index (χ2v) is 9.84. The number of rotatable bonds is 1. The standard InChI is InChI=1S/C23H27N5O3/c1-23-5-4-11-12-7-17(29)18(30)8-14(12)16(6-13(11)15(23)2-3-19(23)31)28-10-27-21(24)20-22(28)26-9-25-20/h7-11,13,15-16,19,24,29-31H,2-6H2,1H3,(H,25,26)/t11?,13?,15?,16?,19?,23-/m0/s1. The number of aromatic nitrogens is 4. The zero-order valence-corrected chi connectivity index (χ0v) is 17.4. The molecule has 162 valence electrons. The molecular weight excluding hydrogens is 394 g/mol. The third kappa shape index (κ3) is 2.48. The van der Waals surface area contributed by atoms with Gasteiger partial charge in [-0.3, -0.25) is 5.41 Å². The highest BCUT2D eigenvalue weighted by molar-refractivity contribution is 5.69. The second-order valence-electron chi connectivity index (χ2n) is 9.84. The number of phenolic OH excluding ortho intramolecular Hbond substituents is 2. The van der Waals surface area contributed by atoms with Crippen LogP contribution in [0.15, 0.2) is 24.8 Å². The minimum atomic E-state index is -0.263. The molecule has 6 atom stereocenters. The highest BCUT2D eigenvalue weighted by atomic mass is 16.3. The van der Waals surface area contributed by atoms with Crippen molar-refractivity contribution in [3.05, 3.63) is 41.4 Å². The van der Waals surface area contributed by atoms with Gasteiger partial charge in [0.15, 0.2) is 22.6 Å². The van der Waals surface area contributed by atoms with Crippen LogP contribution in [0.4, 0.5) is 0 Å². The van der Waals surface area contributed by atoms with Gasteiger partial charge in [-0.05, 0) is 78.5 Å². The van der Waals surface area contributed by atoms with Gasteiger partial charge in [-0.1, -0.05) is 6.92 Å². The summed E-state index contributed by atoms with van der Waals surface area (Å²) in [4.78, 5) is 11.7. The number of phenols is 2. The van der Waals surface area contributed by atoms with Gasteiger partial charge in [0.2, 0.25) is 0 Å². The molecule has 0 saturated heterocycles. The molecule has 2 fully saturated rings. The van der Waals surface area contributed by atoms with Gasteiger partial charge in [0.25, 0.3) is 0 Å². The molecule has 0 radical (unpaired) electrons. The molecule has 6 rings (SSSR count). The summed E-state index contributed by atoms with van der Waals surface area (Å²) in [5.41, 5.74) is 3.37. The lowest BCUT2D eigenvalue weighted by Gasteiger charge is -2.51. The van der Waals surface area contributed by atoms with Crippen LogP contribution in [0.1, 0.15) is 62.1 Å². The van der Waals surface area contributed by atoms with Gasteiger partial charge in [0, 0.05) is 0 Å². The first-order valence-corrected chi connectivity index (χ1v) is 11.1. The number of nitrogens with one attached hydrogen (secondary N) is 2. The summed E-state index contributed by atoms with van der Waals surface area (Å²) >= 11 is 0. The fraction of sp³-hybridized carbons (Fsp3) is 0.522. The molecule has 8 heteroatoms. The van der Waals surface area contributed by atoms with E-state index < -0.39 is 0 Å². The monoisotopic (exact) mass is 421 g/mol. The molecule has 0 aliphatic heterocycles. The first-order chi connectivity index (χ1) is 14.9. The fourth-order valence-electron chi connectivity index (χ4n) is 6.97. The van der Waals surface area contributed by atoms with Gasteiger partial charge in [0.05, 0.1) is 24.8 Å². The normalized spacial score (nSPS) is 34.3. The van der Waals surface area contributed by atoms with Crippen LogP contribution in [-0.2, 0) is 0 Å². The molecule has 3 aliphatic carbocycles. The largest absolute Gasteiger partial charge is 0.504 e. The van der Waals surface area contributed by atoms with E-state index in [9.17, 15) is 15.3 Å². The predicted molar refractivity (Wildman–Crippen MR) is 113 cm³/mol. The van der Waals surface area contributed by atoms with E-state index in [1.807, 2.05) is 4.57 Å². The Morgan fingerprint density at radius 2 is 1.90 bits per heavy atom. The summed E-state index contributed by atoms with van der Waals surface area (Å²) in [6.07, 6.45) is 7.61. The van der Waals surface area contributed by atoms with Gasteiger partial charge in [0.1, 0.15) is 5.52 Å². The van der Waals surface area contributed by atoms with E-state index in [0.29, 0.717) is 28.9 Å². The quantitative estimate of drug-likeness (QED) is 0.386. The Bertz CT molecular complexity index is 1250. The first-order valence-electron chi connectivity index (χ1n) is 11.1. The number of aliphatic hydroxyl groups excluding tert-OH is 1. The lowest BCUT2D eigenvalue weighted by atomic mass is 9.54. The number of hydrogen-bond acceptors (Lipinski definition) is 6. The van der Waals surface area contributed by atoms with Gasteiger partial charge >= 0.3 is 0 Å². The lowest BCUT2D eigenvalue weighted by molar-refractivity contribution is -0.0258. The number of benzene rings is 1. The van der Waals surface area contributed by atoms with Crippen LogP contribution in [-0.4, -0.2) is 40.9 Å². The summed E-state index contributed by atoms with van der Waals surface area (Å²) in [6.45, 7) is 2.24. The van der Waals surface area contributed by atoms with E-state index in [1.54, 1.807) is 24.8 Å². The Morgan fingerprint density at radius 1 is 1.13 bits per heavy atom. The number of aliphatic hydroxyl groups is 1. The maximum atomic E-state index is 10.8. The van der Waals surface area contributed by atoms with Crippen molar-refractivity contribution in [2.75, 3.05) is 0 Å². The molecule has 0 bridgehead atoms. The second kappa shape index (κ2) is 6.32. The van der Waals surface area contributed by atoms with E-state index >= 15 is 0 Å². The summed E-state index contributed by atoms with van der Waals surface area (Å²) in [5, 5.41) is 39.5. The minimum absolute atomic E-state index is 0.0716. The zero-order chi connectivity index (χ0) is 21.5. The smallest absolute Gasteiger partial charge is 0.173 e. The van der Waals surface area contributed by atoms with Crippen molar-refractivity contribution in [3.63, 3.8) is 0 Å². The number of nitrogens with zero attached hydrogens (tertiary/aromatic N) is 3. The van der Waals surface area contributed by atoms with Crippen molar-refractivity contribution in [1.82, 2.24) is 19.5 Å². The van der Waals surface area contributed by atoms with Crippen LogP contribution < -0.4 is 5.49 Å². The molecule has 0 amide bonds. The summed E-state index contributed by atoms with van der Waals surface area (Å²) in [7, 11) is 0. The fourth-order valence-corrected chi connectivity index (χ4v) is 6.97. The topological polar surface area (TPSA) is 131 Å². The molecule has 2 aromatic heterocycles. The predicted octanol–water partition coefficient (Wildman–Crippen LogP) is 2.91. The number of fused-ring (bicyclic) bond motifs is 6. The molecule has 5 unspecified atom stereocenters. The number of H-pyrrole nitrogens is 1. The van der Waals surface area contributed by atoms with Crippen LogP contribution in [0.2, 0.25) is 0 Å². The van der Waals surface area contributed by atoms with Gasteiger partial charge < -0.3 is 24.9 Å². The van der Waals surface area contributed by atoms with Crippen LogP contribution in [0, 0.1) is 22.7 Å². The van der Waals surface area contributed by atoms with Crippen molar-refractivity contribution in [2.24, 2.45) is 17.3 Å². The Balaban J connectivity index is 1.55. The molecule has 3 aromatic rings. The Morgan fingerprint density at radius 3 is 2.71 bits per heavy atom. The molecule has 3 aliphatic rings. The van der Waals surface area contributed by atoms with Crippen LogP contribution in [0.3, 0.4) is 0 Å². The number of aromatic amines is 1. The van der Waals surface area contributed by atoms with Crippen molar-refractivity contribution in [2.45, 2.75) is 57.1 Å². The third-order valence-electron chi connectivity index (χ3n) is 8.57. The number of hydrogen-bond donors (Lipinski definition) is 5. The van der Waals surface area contributed by atoms with Gasteiger partial charge in [-0.2, -0.15) is 0 Å². The number of aromatic hydroxyl groups is 2. The minimum Gasteiger partial charge on any atom is -0.504 e. The average molecular weight is 422 g/mol. The van der Waals surface area contributed by atoms with E-state index in [0.717, 1.165) is 43.2 Å². The SMILES string of the molecule is C[C@]12CCC3c4cc(O)c(O)cc4C(n4cnc(=N)c5[nH]cnc54)CC3C1CCC2O.